The molecule has 184 valence electrons. The van der Waals surface area contributed by atoms with E-state index in [2.05, 4.69) is 58.4 Å². The Kier molecular flexibility index (Phi) is 6.39. The van der Waals surface area contributed by atoms with Gasteiger partial charge in [0, 0.05) is 37.8 Å². The maximum Gasteiger partial charge on any atom is 0.271 e. The zero-order chi connectivity index (χ0) is 25.2. The Balaban J connectivity index is 1.25. The van der Waals surface area contributed by atoms with Crippen molar-refractivity contribution >= 4 is 22.2 Å². The molecule has 1 amide bonds. The van der Waals surface area contributed by atoms with Gasteiger partial charge < -0.3 is 4.90 Å². The second-order valence-electron chi connectivity index (χ2n) is 9.13. The van der Waals surface area contributed by atoms with Crippen molar-refractivity contribution < 1.29 is 4.79 Å². The maximum atomic E-state index is 13.5. The molecule has 0 radical (unpaired) electrons. The van der Waals surface area contributed by atoms with E-state index in [-0.39, 0.29) is 23.1 Å². The Morgan fingerprint density at radius 3 is 1.95 bits per heavy atom. The van der Waals surface area contributed by atoms with Gasteiger partial charge in [-0.25, -0.2) is 4.98 Å². The van der Waals surface area contributed by atoms with Gasteiger partial charge in [0.2, 0.25) is 0 Å². The fraction of sp³-hybridized carbons (Fsp3) is 0.167. The number of benzene rings is 3. The highest BCUT2D eigenvalue weighted by atomic mass is 32.1. The van der Waals surface area contributed by atoms with E-state index in [0.717, 1.165) is 11.3 Å². The minimum absolute atomic E-state index is 0.113. The monoisotopic (exact) mass is 506 g/mol. The van der Waals surface area contributed by atoms with Crippen molar-refractivity contribution in [3.05, 3.63) is 130 Å². The third-order valence-corrected chi connectivity index (χ3v) is 7.78. The van der Waals surface area contributed by atoms with Gasteiger partial charge in [0.05, 0.1) is 11.7 Å². The molecule has 1 saturated heterocycles. The zero-order valence-electron chi connectivity index (χ0n) is 20.2. The van der Waals surface area contributed by atoms with Gasteiger partial charge in [0.1, 0.15) is 5.56 Å². The summed E-state index contributed by atoms with van der Waals surface area (Å²) >= 11 is 1.40. The molecule has 1 aliphatic rings. The number of thiazole rings is 1. The third-order valence-electron chi connectivity index (χ3n) is 6.94. The lowest BCUT2D eigenvalue weighted by Crippen LogP contribution is -2.50. The number of rotatable bonds is 5. The van der Waals surface area contributed by atoms with Crippen LogP contribution >= 0.6 is 11.3 Å². The first-order chi connectivity index (χ1) is 18.2. The molecule has 0 spiro atoms. The van der Waals surface area contributed by atoms with Crippen LogP contribution in [0.3, 0.4) is 0 Å². The lowest BCUT2D eigenvalue weighted by molar-refractivity contribution is 0.0595. The summed E-state index contributed by atoms with van der Waals surface area (Å²) in [6.07, 6.45) is 1.44. The van der Waals surface area contributed by atoms with Crippen LogP contribution in [0.5, 0.6) is 0 Å². The van der Waals surface area contributed by atoms with Gasteiger partial charge in [-0.3, -0.25) is 18.9 Å². The van der Waals surface area contributed by atoms with Crippen LogP contribution in [-0.4, -0.2) is 51.3 Å². The van der Waals surface area contributed by atoms with Gasteiger partial charge >= 0.3 is 0 Å². The molecule has 6 nitrogen and oxygen atoms in total. The molecule has 1 aliphatic heterocycles. The van der Waals surface area contributed by atoms with Crippen molar-refractivity contribution in [1.29, 1.82) is 0 Å². The van der Waals surface area contributed by atoms with E-state index in [0.29, 0.717) is 31.1 Å². The van der Waals surface area contributed by atoms with Crippen LogP contribution in [-0.2, 0) is 0 Å². The Hall–Kier alpha value is -4.07. The number of amides is 1. The normalized spacial score (nSPS) is 14.4. The summed E-state index contributed by atoms with van der Waals surface area (Å²) in [7, 11) is 0. The van der Waals surface area contributed by atoms with Crippen LogP contribution in [0.15, 0.2) is 107 Å². The highest BCUT2D eigenvalue weighted by Crippen LogP contribution is 2.30. The van der Waals surface area contributed by atoms with Gasteiger partial charge in [-0.1, -0.05) is 91.0 Å². The van der Waals surface area contributed by atoms with E-state index in [1.165, 1.54) is 28.7 Å². The van der Waals surface area contributed by atoms with Gasteiger partial charge in [-0.2, -0.15) is 0 Å². The number of hydrogen-bond acceptors (Lipinski definition) is 5. The van der Waals surface area contributed by atoms with Crippen LogP contribution in [0.2, 0.25) is 0 Å². The molecule has 0 bridgehead atoms. The van der Waals surface area contributed by atoms with Crippen LogP contribution in [0.4, 0.5) is 0 Å². The Morgan fingerprint density at radius 2 is 1.35 bits per heavy atom. The summed E-state index contributed by atoms with van der Waals surface area (Å²) in [6, 6.07) is 30.8. The molecule has 5 aromatic rings. The first-order valence-corrected chi connectivity index (χ1v) is 13.3. The first kappa shape index (κ1) is 23.3. The number of carbonyl (C=O) groups is 1. The highest BCUT2D eigenvalue weighted by Gasteiger charge is 2.30. The summed E-state index contributed by atoms with van der Waals surface area (Å²) < 4.78 is 1.56. The summed E-state index contributed by atoms with van der Waals surface area (Å²) in [6.45, 7) is 2.52. The molecule has 0 atom stereocenters. The van der Waals surface area contributed by atoms with E-state index < -0.39 is 0 Å². The zero-order valence-corrected chi connectivity index (χ0v) is 21.1. The van der Waals surface area contributed by atoms with Crippen molar-refractivity contribution in [3.63, 3.8) is 0 Å². The smallest absolute Gasteiger partial charge is 0.271 e. The van der Waals surface area contributed by atoms with Crippen LogP contribution in [0, 0.1) is 0 Å². The second-order valence-corrected chi connectivity index (χ2v) is 9.97. The van der Waals surface area contributed by atoms with Crippen molar-refractivity contribution in [2.75, 3.05) is 26.2 Å². The molecule has 0 aliphatic carbocycles. The summed E-state index contributed by atoms with van der Waals surface area (Å²) in [5.74, 6) is -0.257. The number of piperazine rings is 1. The van der Waals surface area contributed by atoms with Gasteiger partial charge in [0.25, 0.3) is 11.5 Å². The Bertz CT molecular complexity index is 1530. The number of hydrogen-bond donors (Lipinski definition) is 0. The molecule has 7 heteroatoms. The van der Waals surface area contributed by atoms with Crippen molar-refractivity contribution in [2.45, 2.75) is 6.04 Å². The molecule has 3 aromatic carbocycles. The topological polar surface area (TPSA) is 57.9 Å². The molecule has 0 N–H and O–H groups in total. The maximum absolute atomic E-state index is 13.5. The number of carbonyl (C=O) groups excluding carboxylic acids is 1. The molecule has 37 heavy (non-hydrogen) atoms. The summed E-state index contributed by atoms with van der Waals surface area (Å²) in [5, 5.41) is 1.92. The molecule has 3 heterocycles. The molecule has 1 fully saturated rings. The third kappa shape index (κ3) is 4.48. The van der Waals surface area contributed by atoms with Crippen molar-refractivity contribution in [1.82, 2.24) is 19.2 Å². The van der Waals surface area contributed by atoms with E-state index in [1.54, 1.807) is 9.30 Å². The van der Waals surface area contributed by atoms with Crippen molar-refractivity contribution in [3.8, 4) is 11.3 Å². The van der Waals surface area contributed by atoms with Gasteiger partial charge in [-0.15, -0.1) is 11.3 Å². The second kappa shape index (κ2) is 10.1. The molecule has 6 rings (SSSR count). The fourth-order valence-electron chi connectivity index (χ4n) is 5.09. The minimum Gasteiger partial charge on any atom is -0.336 e. The predicted molar refractivity (Wildman–Crippen MR) is 147 cm³/mol. The van der Waals surface area contributed by atoms with Gasteiger partial charge in [-0.05, 0) is 16.7 Å². The van der Waals surface area contributed by atoms with Crippen molar-refractivity contribution in [2.24, 2.45) is 0 Å². The van der Waals surface area contributed by atoms with Crippen LogP contribution in [0.1, 0.15) is 27.5 Å². The van der Waals surface area contributed by atoms with E-state index in [4.69, 9.17) is 0 Å². The SMILES string of the molecule is O=C(c1cnc2scc(-c3ccccc3)n2c1=O)N1CCN(C(c2ccccc2)c2ccccc2)CC1. The Morgan fingerprint density at radius 1 is 0.784 bits per heavy atom. The minimum atomic E-state index is -0.316. The molecular weight excluding hydrogens is 480 g/mol. The number of aromatic nitrogens is 2. The molecule has 0 saturated carbocycles. The van der Waals surface area contributed by atoms with Crippen LogP contribution in [0.25, 0.3) is 16.2 Å². The largest absolute Gasteiger partial charge is 0.336 e. The predicted octanol–water partition coefficient (Wildman–Crippen LogP) is 4.97. The molecular formula is C30H26N4O2S. The van der Waals surface area contributed by atoms with E-state index >= 15 is 0 Å². The average molecular weight is 507 g/mol. The lowest BCUT2D eigenvalue weighted by atomic mass is 9.96. The lowest BCUT2D eigenvalue weighted by Gasteiger charge is -2.39. The fourth-order valence-corrected chi connectivity index (χ4v) is 5.95. The summed E-state index contributed by atoms with van der Waals surface area (Å²) in [4.78, 5) is 36.2. The average Bonchev–Trinajstić information content (AvgIpc) is 3.40. The molecule has 0 unspecified atom stereocenters. The van der Waals surface area contributed by atoms with E-state index in [9.17, 15) is 9.59 Å². The highest BCUT2D eigenvalue weighted by molar-refractivity contribution is 7.15. The standard InChI is InChI=1S/C30H26N4O2S/c35-28(25-20-31-30-34(29(25)36)26(21-37-30)22-10-4-1-5-11-22)33-18-16-32(17-19-33)27(23-12-6-2-7-13-23)24-14-8-3-9-15-24/h1-15,20-21,27H,16-19H2. The number of fused-ring (bicyclic) bond motifs is 1. The van der Waals surface area contributed by atoms with Gasteiger partial charge in [0.15, 0.2) is 4.96 Å². The first-order valence-electron chi connectivity index (χ1n) is 12.4. The quantitative estimate of drug-likeness (QED) is 0.338. The Labute approximate surface area is 219 Å². The number of nitrogens with zero attached hydrogens (tertiary/aromatic N) is 4. The summed E-state index contributed by atoms with van der Waals surface area (Å²) in [5.41, 5.74) is 3.93. The van der Waals surface area contributed by atoms with E-state index in [1.807, 2.05) is 47.8 Å². The van der Waals surface area contributed by atoms with Crippen LogP contribution < -0.4 is 5.56 Å². The molecule has 2 aromatic heterocycles.